The highest BCUT2D eigenvalue weighted by Crippen LogP contribution is 2.37. The largest absolute Gasteiger partial charge is 0.453 e. The Hall–Kier alpha value is -4.77. The molecule has 1 saturated heterocycles. The van der Waals surface area contributed by atoms with Crippen molar-refractivity contribution in [2.24, 2.45) is 0 Å². The summed E-state index contributed by atoms with van der Waals surface area (Å²) in [5.74, 6) is -0.789. The molecule has 0 aromatic carbocycles. The van der Waals surface area contributed by atoms with E-state index >= 15 is 0 Å². The van der Waals surface area contributed by atoms with E-state index in [0.717, 1.165) is 24.4 Å². The summed E-state index contributed by atoms with van der Waals surface area (Å²) in [4.78, 5) is 45.6. The molecule has 0 radical (unpaired) electrons. The lowest BCUT2D eigenvalue weighted by Gasteiger charge is -2.28. The number of carbonyl (C=O) groups is 3. The third-order valence-electron chi connectivity index (χ3n) is 6.47. The smallest absolute Gasteiger partial charge is 0.417 e. The standard InChI is InChI=1S/C28H34F3N9O5/c1-17(2)10-23(41)35-15-24(42)33-5-4-32-13-18-11-21-26(39-6-8-45-9-7-39)37-25(38-40(21)16-18)19-14-34-22(36-27(43)44-3)12-20(19)28(29,30)31/h10-12,14,16,32H,4-9,13,15H2,1-3H3,(H,33,42)(H,35,41)(H,34,36,43). The Morgan fingerprint density at radius 3 is 2.56 bits per heavy atom. The first kappa shape index (κ1) is 33.1. The van der Waals surface area contributed by atoms with Gasteiger partial charge in [0.05, 0.1) is 38.0 Å². The number of rotatable bonds is 11. The Morgan fingerprint density at radius 2 is 1.87 bits per heavy atom. The van der Waals surface area contributed by atoms with Crippen molar-refractivity contribution in [2.75, 3.05) is 63.3 Å². The van der Waals surface area contributed by atoms with Gasteiger partial charge in [-0.3, -0.25) is 14.9 Å². The Bertz CT molecular complexity index is 1560. The van der Waals surface area contributed by atoms with Crippen LogP contribution in [0, 0.1) is 0 Å². The summed E-state index contributed by atoms with van der Waals surface area (Å²) < 4.78 is 53.9. The first-order chi connectivity index (χ1) is 21.4. The number of fused-ring (bicyclic) bond motifs is 1. The van der Waals surface area contributed by atoms with Crippen LogP contribution in [-0.2, 0) is 31.8 Å². The van der Waals surface area contributed by atoms with Crippen molar-refractivity contribution >= 4 is 35.1 Å². The Morgan fingerprint density at radius 1 is 1.11 bits per heavy atom. The van der Waals surface area contributed by atoms with Crippen molar-refractivity contribution in [3.05, 3.63) is 47.3 Å². The van der Waals surface area contributed by atoms with Crippen LogP contribution in [0.5, 0.6) is 0 Å². The van der Waals surface area contributed by atoms with Crippen LogP contribution < -0.4 is 26.2 Å². The van der Waals surface area contributed by atoms with Gasteiger partial charge < -0.3 is 30.3 Å². The van der Waals surface area contributed by atoms with Gasteiger partial charge in [-0.05, 0) is 31.5 Å². The number of allylic oxidation sites excluding steroid dienone is 1. The van der Waals surface area contributed by atoms with E-state index in [9.17, 15) is 27.6 Å². The van der Waals surface area contributed by atoms with Gasteiger partial charge in [-0.15, -0.1) is 5.10 Å². The van der Waals surface area contributed by atoms with Gasteiger partial charge in [0.2, 0.25) is 11.8 Å². The zero-order chi connectivity index (χ0) is 32.6. The molecule has 4 N–H and O–H groups in total. The molecule has 3 aromatic heterocycles. The van der Waals surface area contributed by atoms with E-state index in [0.29, 0.717) is 63.3 Å². The molecular weight excluding hydrogens is 599 g/mol. The molecule has 0 aliphatic carbocycles. The maximum atomic E-state index is 14.2. The molecule has 0 bridgehead atoms. The van der Waals surface area contributed by atoms with E-state index in [1.807, 2.05) is 11.0 Å². The molecule has 0 unspecified atom stereocenters. The fraction of sp³-hybridized carbons (Fsp3) is 0.429. The molecule has 3 amide bonds. The first-order valence-electron chi connectivity index (χ1n) is 14.0. The lowest BCUT2D eigenvalue weighted by atomic mass is 10.1. The summed E-state index contributed by atoms with van der Waals surface area (Å²) in [5, 5.41) is 14.9. The predicted molar refractivity (Wildman–Crippen MR) is 157 cm³/mol. The van der Waals surface area contributed by atoms with E-state index in [2.05, 4.69) is 41.1 Å². The zero-order valence-electron chi connectivity index (χ0n) is 25.0. The minimum absolute atomic E-state index is 0.144. The van der Waals surface area contributed by atoms with Crippen LogP contribution in [0.15, 0.2) is 36.2 Å². The third-order valence-corrected chi connectivity index (χ3v) is 6.47. The highest BCUT2D eigenvalue weighted by molar-refractivity contribution is 5.91. The monoisotopic (exact) mass is 633 g/mol. The van der Waals surface area contributed by atoms with Gasteiger partial charge in [0.1, 0.15) is 11.3 Å². The number of morpholine rings is 1. The number of halogens is 3. The Labute approximate surface area is 256 Å². The second-order valence-corrected chi connectivity index (χ2v) is 10.2. The number of hydrogen-bond acceptors (Lipinski definition) is 10. The molecule has 1 fully saturated rings. The highest BCUT2D eigenvalue weighted by Gasteiger charge is 2.36. The number of alkyl halides is 3. The van der Waals surface area contributed by atoms with Crippen molar-refractivity contribution in [2.45, 2.75) is 26.6 Å². The number of hydrogen-bond donors (Lipinski definition) is 4. The molecule has 242 valence electrons. The van der Waals surface area contributed by atoms with Crippen molar-refractivity contribution in [1.82, 2.24) is 35.5 Å². The van der Waals surface area contributed by atoms with Crippen LogP contribution in [-0.4, -0.2) is 90.5 Å². The predicted octanol–water partition coefficient (Wildman–Crippen LogP) is 2.11. The molecule has 45 heavy (non-hydrogen) atoms. The van der Waals surface area contributed by atoms with Crippen molar-refractivity contribution < 1.29 is 37.0 Å². The topological polar surface area (TPSA) is 164 Å². The van der Waals surface area contributed by atoms with Crippen LogP contribution in [0.1, 0.15) is 25.0 Å². The number of amides is 3. The lowest BCUT2D eigenvalue weighted by molar-refractivity contribution is -0.137. The van der Waals surface area contributed by atoms with E-state index in [-0.39, 0.29) is 35.6 Å². The second kappa shape index (κ2) is 14.8. The number of anilines is 2. The maximum absolute atomic E-state index is 14.2. The molecular formula is C28H34F3N9O5. The average molecular weight is 634 g/mol. The van der Waals surface area contributed by atoms with Gasteiger partial charge in [0.25, 0.3) is 0 Å². The fourth-order valence-electron chi connectivity index (χ4n) is 4.41. The van der Waals surface area contributed by atoms with E-state index in [1.54, 1.807) is 20.0 Å². The van der Waals surface area contributed by atoms with Gasteiger partial charge >= 0.3 is 12.3 Å². The quantitative estimate of drug-likeness (QED) is 0.182. The molecule has 17 heteroatoms. The van der Waals surface area contributed by atoms with Gasteiger partial charge in [-0.1, -0.05) is 5.57 Å². The van der Waals surface area contributed by atoms with Crippen LogP contribution in [0.2, 0.25) is 0 Å². The number of pyridine rings is 1. The second-order valence-electron chi connectivity index (χ2n) is 10.2. The van der Waals surface area contributed by atoms with E-state index < -0.39 is 17.8 Å². The van der Waals surface area contributed by atoms with Crippen LogP contribution in [0.4, 0.5) is 29.6 Å². The van der Waals surface area contributed by atoms with Crippen LogP contribution in [0.3, 0.4) is 0 Å². The third kappa shape index (κ3) is 9.12. The summed E-state index contributed by atoms with van der Waals surface area (Å²) in [5.41, 5.74) is 0.743. The fourth-order valence-corrected chi connectivity index (χ4v) is 4.41. The molecule has 4 rings (SSSR count). The molecule has 14 nitrogen and oxygen atoms in total. The van der Waals surface area contributed by atoms with E-state index in [4.69, 9.17) is 4.74 Å². The van der Waals surface area contributed by atoms with Crippen LogP contribution >= 0.6 is 0 Å². The summed E-state index contributed by atoms with van der Waals surface area (Å²) in [7, 11) is 1.08. The molecule has 3 aromatic rings. The number of nitrogens with zero attached hydrogens (tertiary/aromatic N) is 5. The number of ether oxygens (including phenoxy) is 2. The molecule has 0 saturated carbocycles. The highest BCUT2D eigenvalue weighted by atomic mass is 19.4. The normalized spacial score (nSPS) is 13.3. The molecule has 4 heterocycles. The molecule has 1 aliphatic heterocycles. The van der Waals surface area contributed by atoms with Gasteiger partial charge in [-0.2, -0.15) is 13.2 Å². The summed E-state index contributed by atoms with van der Waals surface area (Å²) in [6.07, 6.45) is -1.72. The number of carbonyl (C=O) groups excluding carboxylic acids is 3. The molecule has 1 aliphatic rings. The first-order valence-corrected chi connectivity index (χ1v) is 14.0. The molecule has 0 spiro atoms. The van der Waals surface area contributed by atoms with Crippen molar-refractivity contribution in [3.63, 3.8) is 0 Å². The van der Waals surface area contributed by atoms with Crippen molar-refractivity contribution in [3.8, 4) is 11.4 Å². The van der Waals surface area contributed by atoms with Gasteiger partial charge in [-0.25, -0.2) is 19.3 Å². The minimum Gasteiger partial charge on any atom is -0.453 e. The van der Waals surface area contributed by atoms with Gasteiger partial charge in [0, 0.05) is 51.2 Å². The number of aromatic nitrogens is 4. The summed E-state index contributed by atoms with van der Waals surface area (Å²) in [6, 6.07) is 2.54. The number of methoxy groups -OCH3 is 1. The average Bonchev–Trinajstić information content (AvgIpc) is 3.42. The van der Waals surface area contributed by atoms with Crippen molar-refractivity contribution in [1.29, 1.82) is 0 Å². The summed E-state index contributed by atoms with van der Waals surface area (Å²) >= 11 is 0. The Kier molecular flexibility index (Phi) is 10.9. The summed E-state index contributed by atoms with van der Waals surface area (Å²) in [6.45, 7) is 6.32. The SMILES string of the molecule is COC(=O)Nc1cc(C(F)(F)F)c(-c2nc(N3CCOCC3)c3cc(CNCCNC(=O)CNC(=O)C=C(C)C)cn3n2)cn1. The van der Waals surface area contributed by atoms with Crippen LogP contribution in [0.25, 0.3) is 16.9 Å². The Balaban J connectivity index is 1.52. The zero-order valence-corrected chi connectivity index (χ0v) is 25.0. The maximum Gasteiger partial charge on any atom is 0.417 e. The number of nitrogens with one attached hydrogen (secondary N) is 4. The minimum atomic E-state index is -4.80. The van der Waals surface area contributed by atoms with E-state index in [1.165, 1.54) is 10.6 Å². The van der Waals surface area contributed by atoms with Gasteiger partial charge in [0.15, 0.2) is 11.6 Å². The lowest BCUT2D eigenvalue weighted by Crippen LogP contribution is -2.39. The molecule has 0 atom stereocenters.